The quantitative estimate of drug-likeness (QED) is 0.325. The molecule has 0 radical (unpaired) electrons. The maximum Gasteiger partial charge on any atom is 0.262 e. The lowest BCUT2D eigenvalue weighted by atomic mass is 10.2. The summed E-state index contributed by atoms with van der Waals surface area (Å²) in [5.74, 6) is 0.613. The molecule has 4 rings (SSSR count). The second-order valence-corrected chi connectivity index (χ2v) is 8.13. The van der Waals surface area contributed by atoms with Crippen LogP contribution in [0.4, 0.5) is 5.69 Å². The topological polar surface area (TPSA) is 77.8 Å². The Bertz CT molecular complexity index is 1370. The van der Waals surface area contributed by atoms with Gasteiger partial charge in [-0.25, -0.2) is 0 Å². The van der Waals surface area contributed by atoms with Crippen molar-refractivity contribution in [1.29, 1.82) is 0 Å². The second kappa shape index (κ2) is 9.46. The Balaban J connectivity index is 1.47. The number of nitrogens with one attached hydrogen (secondary N) is 1. The summed E-state index contributed by atoms with van der Waals surface area (Å²) in [6, 6.07) is 17.2. The molecule has 0 saturated carbocycles. The molecule has 0 aliphatic carbocycles. The van der Waals surface area contributed by atoms with Crippen molar-refractivity contribution in [3.63, 3.8) is 0 Å². The monoisotopic (exact) mass is 513 g/mol. The van der Waals surface area contributed by atoms with Gasteiger partial charge < -0.3 is 19.2 Å². The zero-order chi connectivity index (χ0) is 22.7. The summed E-state index contributed by atoms with van der Waals surface area (Å²) in [5.41, 5.74) is 1.39. The van der Waals surface area contributed by atoms with Crippen LogP contribution in [0.3, 0.4) is 0 Å². The number of rotatable bonds is 6. The molecule has 1 N–H and O–H groups in total. The minimum atomic E-state index is -0.339. The molecule has 0 unspecified atom stereocenters. The summed E-state index contributed by atoms with van der Waals surface area (Å²) in [7, 11) is 0. The fraction of sp³-hybridized carbons (Fsp3) is 0.0833. The van der Waals surface area contributed by atoms with Crippen LogP contribution < -0.4 is 20.2 Å². The predicted molar refractivity (Wildman–Crippen MR) is 127 cm³/mol. The molecule has 162 valence electrons. The Kier molecular flexibility index (Phi) is 6.48. The van der Waals surface area contributed by atoms with Gasteiger partial charge in [0, 0.05) is 16.8 Å². The van der Waals surface area contributed by atoms with Crippen molar-refractivity contribution >= 4 is 50.1 Å². The number of ether oxygens (including phenoxy) is 2. The number of fused-ring (bicyclic) bond motifs is 1. The largest absolute Gasteiger partial charge is 0.484 e. The molecule has 0 aliphatic heterocycles. The van der Waals surface area contributed by atoms with Crippen LogP contribution in [0.15, 0.2) is 80.6 Å². The van der Waals surface area contributed by atoms with Crippen LogP contribution in [0.2, 0.25) is 5.02 Å². The molecule has 1 amide bonds. The van der Waals surface area contributed by atoms with E-state index in [4.69, 9.17) is 25.5 Å². The van der Waals surface area contributed by atoms with Crippen molar-refractivity contribution in [3.05, 3.63) is 92.2 Å². The summed E-state index contributed by atoms with van der Waals surface area (Å²) in [4.78, 5) is 25.0. The molecule has 3 aromatic carbocycles. The second-order valence-electron chi connectivity index (χ2n) is 6.87. The van der Waals surface area contributed by atoms with Gasteiger partial charge in [-0.15, -0.1) is 0 Å². The summed E-state index contributed by atoms with van der Waals surface area (Å²) in [5, 5.41) is 3.66. The van der Waals surface area contributed by atoms with Gasteiger partial charge in [-0.2, -0.15) is 0 Å². The van der Waals surface area contributed by atoms with E-state index in [2.05, 4.69) is 21.2 Å². The number of anilines is 1. The number of hydrogen-bond donors (Lipinski definition) is 1. The van der Waals surface area contributed by atoms with E-state index < -0.39 is 0 Å². The van der Waals surface area contributed by atoms with Gasteiger partial charge >= 0.3 is 0 Å². The van der Waals surface area contributed by atoms with Crippen molar-refractivity contribution in [2.24, 2.45) is 0 Å². The van der Waals surface area contributed by atoms with E-state index >= 15 is 0 Å². The molecule has 8 heteroatoms. The lowest BCUT2D eigenvalue weighted by Gasteiger charge is -2.11. The molecule has 1 aromatic heterocycles. The lowest BCUT2D eigenvalue weighted by molar-refractivity contribution is -0.118. The molecule has 0 atom stereocenters. The summed E-state index contributed by atoms with van der Waals surface area (Å²) in [6.45, 7) is 1.60. The standard InChI is InChI=1S/C24H17BrClNO5/c1-14-18(26)6-4-7-19(14)27-23(28)13-30-15-9-10-16-21(11-15)31-12-22(24(16)29)32-20-8-3-2-5-17(20)25/h2-12H,13H2,1H3,(H,27,28). The number of halogens is 2. The molecule has 0 aliphatic rings. The van der Waals surface area contributed by atoms with Crippen molar-refractivity contribution in [2.45, 2.75) is 6.92 Å². The SMILES string of the molecule is Cc1c(Cl)cccc1NC(=O)COc1ccc2c(=O)c(Oc3ccccc3Br)coc2c1. The maximum atomic E-state index is 12.8. The van der Waals surface area contributed by atoms with E-state index in [0.717, 1.165) is 10.0 Å². The van der Waals surface area contributed by atoms with Crippen LogP contribution in [0.5, 0.6) is 17.2 Å². The van der Waals surface area contributed by atoms with Gasteiger partial charge in [0.15, 0.2) is 6.61 Å². The van der Waals surface area contributed by atoms with E-state index in [-0.39, 0.29) is 23.7 Å². The number of amides is 1. The first kappa shape index (κ1) is 21.9. The van der Waals surface area contributed by atoms with Crippen molar-refractivity contribution in [3.8, 4) is 17.2 Å². The van der Waals surface area contributed by atoms with E-state index in [1.165, 1.54) is 6.26 Å². The maximum absolute atomic E-state index is 12.8. The zero-order valence-electron chi connectivity index (χ0n) is 16.9. The minimum Gasteiger partial charge on any atom is -0.484 e. The van der Waals surface area contributed by atoms with Crippen LogP contribution in [0.25, 0.3) is 11.0 Å². The van der Waals surface area contributed by atoms with Crippen molar-refractivity contribution < 1.29 is 18.7 Å². The normalized spacial score (nSPS) is 10.7. The summed E-state index contributed by atoms with van der Waals surface area (Å²) >= 11 is 9.45. The van der Waals surface area contributed by atoms with Crippen LogP contribution in [-0.2, 0) is 4.79 Å². The van der Waals surface area contributed by atoms with Gasteiger partial charge in [0.2, 0.25) is 11.2 Å². The zero-order valence-corrected chi connectivity index (χ0v) is 19.2. The van der Waals surface area contributed by atoms with Crippen LogP contribution >= 0.6 is 27.5 Å². The first-order chi connectivity index (χ1) is 15.4. The molecule has 32 heavy (non-hydrogen) atoms. The first-order valence-electron chi connectivity index (χ1n) is 9.58. The third-order valence-electron chi connectivity index (χ3n) is 4.68. The number of benzene rings is 3. The third kappa shape index (κ3) is 4.79. The fourth-order valence-electron chi connectivity index (χ4n) is 2.98. The van der Waals surface area contributed by atoms with Crippen LogP contribution in [0.1, 0.15) is 5.56 Å². The molecule has 0 fully saturated rings. The van der Waals surface area contributed by atoms with E-state index in [9.17, 15) is 9.59 Å². The molecule has 6 nitrogen and oxygen atoms in total. The number of para-hydroxylation sites is 1. The molecule has 4 aromatic rings. The van der Waals surface area contributed by atoms with Crippen LogP contribution in [0, 0.1) is 6.92 Å². The average molecular weight is 515 g/mol. The molecular weight excluding hydrogens is 498 g/mol. The highest BCUT2D eigenvalue weighted by molar-refractivity contribution is 9.10. The highest BCUT2D eigenvalue weighted by Gasteiger charge is 2.13. The highest BCUT2D eigenvalue weighted by Crippen LogP contribution is 2.29. The Morgan fingerprint density at radius 1 is 1.09 bits per heavy atom. The Labute approximate surface area is 196 Å². The molecule has 0 bridgehead atoms. The van der Waals surface area contributed by atoms with Gasteiger partial charge in [0.05, 0.1) is 9.86 Å². The first-order valence-corrected chi connectivity index (χ1v) is 10.7. The van der Waals surface area contributed by atoms with E-state index in [1.807, 2.05) is 19.1 Å². The Morgan fingerprint density at radius 2 is 1.91 bits per heavy atom. The number of carbonyl (C=O) groups excluding carboxylic acids is 1. The van der Waals surface area contributed by atoms with Gasteiger partial charge in [0.25, 0.3) is 5.91 Å². The Morgan fingerprint density at radius 3 is 2.72 bits per heavy atom. The molecule has 0 spiro atoms. The van der Waals surface area contributed by atoms with Crippen molar-refractivity contribution in [2.75, 3.05) is 11.9 Å². The smallest absolute Gasteiger partial charge is 0.262 e. The van der Waals surface area contributed by atoms with E-state index in [1.54, 1.807) is 48.5 Å². The Hall–Kier alpha value is -3.29. The fourth-order valence-corrected chi connectivity index (χ4v) is 3.52. The lowest BCUT2D eigenvalue weighted by Crippen LogP contribution is -2.20. The van der Waals surface area contributed by atoms with Gasteiger partial charge in [0.1, 0.15) is 23.3 Å². The third-order valence-corrected chi connectivity index (χ3v) is 5.75. The van der Waals surface area contributed by atoms with Gasteiger partial charge in [-0.1, -0.05) is 29.8 Å². The highest BCUT2D eigenvalue weighted by atomic mass is 79.9. The van der Waals surface area contributed by atoms with Crippen LogP contribution in [-0.4, -0.2) is 12.5 Å². The number of hydrogen-bond acceptors (Lipinski definition) is 5. The predicted octanol–water partition coefficient (Wildman–Crippen LogP) is 6.33. The van der Waals surface area contributed by atoms with E-state index in [0.29, 0.717) is 33.2 Å². The van der Waals surface area contributed by atoms with Gasteiger partial charge in [-0.05, 0) is 64.8 Å². The molecule has 0 saturated heterocycles. The molecule has 1 heterocycles. The summed E-state index contributed by atoms with van der Waals surface area (Å²) < 4.78 is 17.5. The average Bonchev–Trinajstić information content (AvgIpc) is 2.79. The van der Waals surface area contributed by atoms with Crippen molar-refractivity contribution in [1.82, 2.24) is 0 Å². The molecular formula is C24H17BrClNO5. The number of carbonyl (C=O) groups is 1. The summed E-state index contributed by atoms with van der Waals surface area (Å²) in [6.07, 6.45) is 1.25. The van der Waals surface area contributed by atoms with Gasteiger partial charge in [-0.3, -0.25) is 9.59 Å². The minimum absolute atomic E-state index is 0.0642.